The van der Waals surface area contributed by atoms with Crippen LogP contribution in [0.4, 0.5) is 5.69 Å². The highest BCUT2D eigenvalue weighted by Gasteiger charge is 2.29. The molecule has 152 valence electrons. The maximum Gasteiger partial charge on any atom is 0.274 e. The van der Waals surface area contributed by atoms with E-state index in [0.29, 0.717) is 9.49 Å². The standard InChI is InChI=1S/C24H23N3O2S/c1-14-13-24(2,3)26(4)19-12-20(29-5)15(10-16(14)19)11-21-22(28)27-18-9-7-6-8-17(18)25-23(27)30-21/h6-13H,1-5H3/b21-11+. The SMILES string of the molecule is COc1cc2c(cc1/C=c1/sc3nc4ccccc4n3c1=O)C(C)=CC(C)(C)N2C. The van der Waals surface area contributed by atoms with E-state index >= 15 is 0 Å². The van der Waals surface area contributed by atoms with E-state index in [-0.39, 0.29) is 11.1 Å². The Labute approximate surface area is 178 Å². The molecule has 5 nitrogen and oxygen atoms in total. The van der Waals surface area contributed by atoms with Crippen molar-refractivity contribution in [2.45, 2.75) is 26.3 Å². The lowest BCUT2D eigenvalue weighted by Crippen LogP contribution is -2.42. The molecule has 0 saturated carbocycles. The second-order valence-corrected chi connectivity index (χ2v) is 9.29. The number of thiazole rings is 1. The summed E-state index contributed by atoms with van der Waals surface area (Å²) in [6, 6.07) is 11.9. The molecule has 0 unspecified atom stereocenters. The van der Waals surface area contributed by atoms with Crippen LogP contribution in [-0.2, 0) is 0 Å². The number of ether oxygens (including phenoxy) is 1. The van der Waals surface area contributed by atoms with E-state index in [1.165, 1.54) is 16.9 Å². The summed E-state index contributed by atoms with van der Waals surface area (Å²) >= 11 is 1.41. The van der Waals surface area contributed by atoms with Crippen molar-refractivity contribution in [1.82, 2.24) is 9.38 Å². The lowest BCUT2D eigenvalue weighted by molar-refractivity contribution is 0.413. The summed E-state index contributed by atoms with van der Waals surface area (Å²) in [6.07, 6.45) is 4.19. The maximum atomic E-state index is 13.1. The normalized spacial score (nSPS) is 16.2. The molecule has 30 heavy (non-hydrogen) atoms. The van der Waals surface area contributed by atoms with Crippen LogP contribution in [-0.4, -0.2) is 29.1 Å². The lowest BCUT2D eigenvalue weighted by Gasteiger charge is -2.41. The highest BCUT2D eigenvalue weighted by molar-refractivity contribution is 7.15. The van der Waals surface area contributed by atoms with Gasteiger partial charge in [0.25, 0.3) is 5.56 Å². The average molecular weight is 418 g/mol. The number of aromatic nitrogens is 2. The summed E-state index contributed by atoms with van der Waals surface area (Å²) in [6.45, 7) is 6.52. The molecule has 0 atom stereocenters. The highest BCUT2D eigenvalue weighted by Crippen LogP contribution is 2.41. The van der Waals surface area contributed by atoms with Gasteiger partial charge in [0.1, 0.15) is 5.75 Å². The van der Waals surface area contributed by atoms with Crippen molar-refractivity contribution in [2.75, 3.05) is 19.1 Å². The van der Waals surface area contributed by atoms with Crippen LogP contribution in [0.3, 0.4) is 0 Å². The molecule has 0 fully saturated rings. The first-order valence-electron chi connectivity index (χ1n) is 9.87. The number of methoxy groups -OCH3 is 1. The molecule has 0 amide bonds. The molecular weight excluding hydrogens is 394 g/mol. The van der Waals surface area contributed by atoms with Gasteiger partial charge >= 0.3 is 0 Å². The summed E-state index contributed by atoms with van der Waals surface area (Å²) in [5.41, 5.74) is 5.96. The molecule has 0 radical (unpaired) electrons. The Bertz CT molecular complexity index is 1460. The Hall–Kier alpha value is -3.12. The molecule has 3 heterocycles. The van der Waals surface area contributed by atoms with Crippen LogP contribution in [0.15, 0.2) is 47.3 Å². The molecule has 6 heteroatoms. The van der Waals surface area contributed by atoms with Crippen LogP contribution in [0, 0.1) is 0 Å². The van der Waals surface area contributed by atoms with Gasteiger partial charge in [-0.25, -0.2) is 9.38 Å². The van der Waals surface area contributed by atoms with Crippen LogP contribution < -0.4 is 19.7 Å². The number of imidazole rings is 1. The first kappa shape index (κ1) is 18.9. The number of hydrogen-bond acceptors (Lipinski definition) is 5. The fourth-order valence-corrected chi connectivity index (χ4v) is 5.21. The fourth-order valence-electron chi connectivity index (χ4n) is 4.24. The van der Waals surface area contributed by atoms with Crippen molar-refractivity contribution >= 4 is 44.7 Å². The Balaban J connectivity index is 1.74. The summed E-state index contributed by atoms with van der Waals surface area (Å²) in [7, 11) is 3.77. The van der Waals surface area contributed by atoms with Crippen LogP contribution in [0.25, 0.3) is 27.6 Å². The minimum absolute atomic E-state index is 0.0472. The predicted octanol–water partition coefficient (Wildman–Crippen LogP) is 4.10. The van der Waals surface area contributed by atoms with Gasteiger partial charge in [-0.3, -0.25) is 4.79 Å². The minimum atomic E-state index is -0.0738. The largest absolute Gasteiger partial charge is 0.496 e. The van der Waals surface area contributed by atoms with Crippen molar-refractivity contribution in [3.63, 3.8) is 0 Å². The third kappa shape index (κ3) is 2.67. The van der Waals surface area contributed by atoms with Crippen LogP contribution in [0.5, 0.6) is 5.75 Å². The average Bonchev–Trinajstić information content (AvgIpc) is 3.22. The Morgan fingerprint density at radius 1 is 1.20 bits per heavy atom. The molecule has 1 aliphatic heterocycles. The first-order chi connectivity index (χ1) is 14.3. The zero-order valence-corrected chi connectivity index (χ0v) is 18.5. The number of nitrogens with zero attached hydrogens (tertiary/aromatic N) is 3. The maximum absolute atomic E-state index is 13.1. The number of hydrogen-bond donors (Lipinski definition) is 0. The first-order valence-corrected chi connectivity index (χ1v) is 10.7. The van der Waals surface area contributed by atoms with E-state index in [2.05, 4.69) is 55.9 Å². The predicted molar refractivity (Wildman–Crippen MR) is 125 cm³/mol. The zero-order valence-electron chi connectivity index (χ0n) is 17.7. The van der Waals surface area contributed by atoms with Crippen molar-refractivity contribution in [2.24, 2.45) is 0 Å². The molecule has 0 spiro atoms. The lowest BCUT2D eigenvalue weighted by atomic mass is 9.88. The van der Waals surface area contributed by atoms with E-state index < -0.39 is 0 Å². The molecule has 0 bridgehead atoms. The van der Waals surface area contributed by atoms with Crippen molar-refractivity contribution < 1.29 is 4.74 Å². The quantitative estimate of drug-likeness (QED) is 0.493. The van der Waals surface area contributed by atoms with E-state index in [0.717, 1.165) is 33.6 Å². The number of fused-ring (bicyclic) bond motifs is 4. The molecule has 0 saturated heterocycles. The van der Waals surface area contributed by atoms with Gasteiger partial charge in [-0.15, -0.1) is 0 Å². The number of rotatable bonds is 2. The van der Waals surface area contributed by atoms with Gasteiger partial charge in [0.15, 0.2) is 4.96 Å². The van der Waals surface area contributed by atoms with Gasteiger partial charge in [-0.1, -0.05) is 29.5 Å². The molecule has 1 aliphatic rings. The van der Waals surface area contributed by atoms with Gasteiger partial charge in [0, 0.05) is 29.9 Å². The van der Waals surface area contributed by atoms with Crippen LogP contribution in [0.1, 0.15) is 31.9 Å². The minimum Gasteiger partial charge on any atom is -0.496 e. The summed E-state index contributed by atoms with van der Waals surface area (Å²) < 4.78 is 8.04. The molecule has 0 N–H and O–H groups in total. The number of anilines is 1. The fraction of sp³-hybridized carbons (Fsp3) is 0.250. The number of para-hydroxylation sites is 2. The van der Waals surface area contributed by atoms with E-state index in [1.54, 1.807) is 11.5 Å². The summed E-state index contributed by atoms with van der Waals surface area (Å²) in [4.78, 5) is 20.7. The highest BCUT2D eigenvalue weighted by atomic mass is 32.1. The van der Waals surface area contributed by atoms with E-state index in [9.17, 15) is 4.79 Å². The second-order valence-electron chi connectivity index (χ2n) is 8.29. The smallest absolute Gasteiger partial charge is 0.274 e. The molecule has 5 rings (SSSR count). The van der Waals surface area contributed by atoms with Crippen LogP contribution >= 0.6 is 11.3 Å². The van der Waals surface area contributed by atoms with Gasteiger partial charge < -0.3 is 9.64 Å². The summed E-state index contributed by atoms with van der Waals surface area (Å²) in [5, 5.41) is 0. The number of allylic oxidation sites excluding steroid dienone is 1. The molecule has 2 aromatic heterocycles. The Kier molecular flexibility index (Phi) is 4.05. The van der Waals surface area contributed by atoms with Crippen molar-refractivity contribution in [1.29, 1.82) is 0 Å². The van der Waals surface area contributed by atoms with E-state index in [1.807, 2.05) is 30.3 Å². The molecule has 0 aliphatic carbocycles. The molecular formula is C24H23N3O2S. The Morgan fingerprint density at radius 2 is 1.97 bits per heavy atom. The number of benzene rings is 2. The van der Waals surface area contributed by atoms with E-state index in [4.69, 9.17) is 4.74 Å². The van der Waals surface area contributed by atoms with Crippen molar-refractivity contribution in [3.05, 3.63) is 68.5 Å². The molecule has 2 aromatic carbocycles. The van der Waals surface area contributed by atoms with Gasteiger partial charge in [0.2, 0.25) is 0 Å². The topological polar surface area (TPSA) is 46.8 Å². The third-order valence-corrected chi connectivity index (χ3v) is 6.97. The van der Waals surface area contributed by atoms with Gasteiger partial charge in [0.05, 0.1) is 28.2 Å². The Morgan fingerprint density at radius 3 is 2.73 bits per heavy atom. The number of likely N-dealkylation sites (N-methyl/N-ethyl adjacent to an activating group) is 1. The monoisotopic (exact) mass is 417 g/mol. The van der Waals surface area contributed by atoms with Gasteiger partial charge in [-0.05, 0) is 50.6 Å². The van der Waals surface area contributed by atoms with Crippen molar-refractivity contribution in [3.8, 4) is 5.75 Å². The van der Waals surface area contributed by atoms with Crippen LogP contribution in [0.2, 0.25) is 0 Å². The summed E-state index contributed by atoms with van der Waals surface area (Å²) in [5.74, 6) is 0.751. The zero-order chi connectivity index (χ0) is 21.2. The molecule has 4 aromatic rings. The third-order valence-electron chi connectivity index (χ3n) is 6.00. The second kappa shape index (κ2) is 6.44. The van der Waals surface area contributed by atoms with Gasteiger partial charge in [-0.2, -0.15) is 0 Å².